The Bertz CT molecular complexity index is 1730. The zero-order valence-electron chi connectivity index (χ0n) is 23.3. The zero-order valence-corrected chi connectivity index (χ0v) is 23.3. The molecule has 0 atom stereocenters. The van der Waals surface area contributed by atoms with Gasteiger partial charge in [-0.3, -0.25) is 24.0 Å². The first-order chi connectivity index (χ1) is 19.9. The molecule has 1 aromatic heterocycles. The number of Topliss-reactive ketones (excluding diaryl/α,β-unsaturated/α-hetero) is 1. The number of hydrogen-bond acceptors (Lipinski definition) is 10. The molecule has 0 bridgehead atoms. The number of aromatic nitrogens is 1. The summed E-state index contributed by atoms with van der Waals surface area (Å²) in [5.74, 6) is -2.76. The molecule has 0 aliphatic carbocycles. The van der Waals surface area contributed by atoms with Crippen molar-refractivity contribution in [2.75, 3.05) is 0 Å². The molecule has 1 heterocycles. The quantitative estimate of drug-likeness (QED) is 0.174. The maximum atomic E-state index is 13.4. The minimum atomic E-state index is -0.654. The van der Waals surface area contributed by atoms with Crippen molar-refractivity contribution in [3.8, 4) is 34.1 Å². The van der Waals surface area contributed by atoms with E-state index in [2.05, 4.69) is 0 Å². The number of benzene rings is 3. The molecule has 0 radical (unpaired) electrons. The third-order valence-electron chi connectivity index (χ3n) is 5.98. The highest BCUT2D eigenvalue weighted by molar-refractivity contribution is 6.01. The zero-order chi connectivity index (χ0) is 30.6. The molecule has 11 heteroatoms. The molecule has 3 aromatic carbocycles. The summed E-state index contributed by atoms with van der Waals surface area (Å²) in [6.07, 6.45) is 1.74. The standard InChI is InChI=1S/C31H27NO10/c1-17(34)39-28-9-6-22(12-30(28)41-19(3)36)25-14-32(26-11-21(16-33)5-8-24(25)26)15-27(38)23-7-10-29(40-18(2)35)31(13-23)42-20(4)37/h5-14,33H,15-16H2,1-4H3. The number of carbonyl (C=O) groups is 5. The van der Waals surface area contributed by atoms with Gasteiger partial charge in [-0.2, -0.15) is 0 Å². The molecule has 0 aliphatic rings. The van der Waals surface area contributed by atoms with Crippen molar-refractivity contribution in [3.05, 3.63) is 71.9 Å². The van der Waals surface area contributed by atoms with Crippen LogP contribution in [0, 0.1) is 0 Å². The van der Waals surface area contributed by atoms with E-state index >= 15 is 0 Å². The second kappa shape index (κ2) is 12.5. The van der Waals surface area contributed by atoms with Crippen molar-refractivity contribution in [1.82, 2.24) is 4.57 Å². The van der Waals surface area contributed by atoms with Gasteiger partial charge < -0.3 is 28.6 Å². The molecule has 4 aromatic rings. The van der Waals surface area contributed by atoms with Gasteiger partial charge in [0.15, 0.2) is 28.8 Å². The number of ketones is 1. The summed E-state index contributed by atoms with van der Waals surface area (Å²) in [5.41, 5.74) is 2.75. The van der Waals surface area contributed by atoms with E-state index in [4.69, 9.17) is 18.9 Å². The smallest absolute Gasteiger partial charge is 0.308 e. The lowest BCUT2D eigenvalue weighted by Crippen LogP contribution is -2.12. The van der Waals surface area contributed by atoms with Crippen molar-refractivity contribution in [2.24, 2.45) is 0 Å². The van der Waals surface area contributed by atoms with Gasteiger partial charge in [0.05, 0.1) is 13.2 Å². The van der Waals surface area contributed by atoms with Crippen molar-refractivity contribution < 1.29 is 48.0 Å². The van der Waals surface area contributed by atoms with Crippen LogP contribution >= 0.6 is 0 Å². The molecule has 0 aliphatic heterocycles. The molecule has 42 heavy (non-hydrogen) atoms. The summed E-state index contributed by atoms with van der Waals surface area (Å²) in [6.45, 7) is 4.48. The topological polar surface area (TPSA) is 147 Å². The Kier molecular flexibility index (Phi) is 8.82. The fourth-order valence-electron chi connectivity index (χ4n) is 4.35. The fraction of sp³-hybridized carbons (Fsp3) is 0.194. The first-order valence-corrected chi connectivity index (χ1v) is 12.7. The molecule has 0 unspecified atom stereocenters. The lowest BCUT2D eigenvalue weighted by atomic mass is 10.0. The van der Waals surface area contributed by atoms with E-state index in [-0.39, 0.29) is 47.5 Å². The van der Waals surface area contributed by atoms with Crippen molar-refractivity contribution >= 4 is 40.6 Å². The van der Waals surface area contributed by atoms with Gasteiger partial charge in [0, 0.05) is 55.9 Å². The van der Waals surface area contributed by atoms with Gasteiger partial charge in [-0.05, 0) is 47.5 Å². The lowest BCUT2D eigenvalue weighted by Gasteiger charge is -2.11. The summed E-state index contributed by atoms with van der Waals surface area (Å²) in [5, 5.41) is 10.5. The number of carbonyl (C=O) groups excluding carboxylic acids is 5. The average Bonchev–Trinajstić information content (AvgIpc) is 3.26. The number of nitrogens with zero attached hydrogens (tertiary/aromatic N) is 1. The Morgan fingerprint density at radius 2 is 1.21 bits per heavy atom. The molecular weight excluding hydrogens is 546 g/mol. The number of aliphatic hydroxyl groups excluding tert-OH is 1. The minimum Gasteiger partial charge on any atom is -0.423 e. The van der Waals surface area contributed by atoms with Crippen LogP contribution in [-0.4, -0.2) is 39.3 Å². The molecule has 0 saturated heterocycles. The van der Waals surface area contributed by atoms with Crippen molar-refractivity contribution in [2.45, 2.75) is 40.8 Å². The van der Waals surface area contributed by atoms with Crippen molar-refractivity contribution in [3.63, 3.8) is 0 Å². The van der Waals surface area contributed by atoms with Gasteiger partial charge in [0.1, 0.15) is 0 Å². The summed E-state index contributed by atoms with van der Waals surface area (Å²) in [7, 11) is 0. The molecule has 0 spiro atoms. The van der Waals surface area contributed by atoms with E-state index in [9.17, 15) is 29.1 Å². The molecule has 0 fully saturated rings. The number of esters is 4. The third-order valence-corrected chi connectivity index (χ3v) is 5.98. The molecule has 4 rings (SSSR count). The van der Waals surface area contributed by atoms with Crippen LogP contribution in [0.25, 0.3) is 22.0 Å². The maximum absolute atomic E-state index is 13.4. The number of fused-ring (bicyclic) bond motifs is 1. The Labute approximate surface area is 240 Å². The Morgan fingerprint density at radius 3 is 1.79 bits per heavy atom. The van der Waals surface area contributed by atoms with E-state index in [1.54, 1.807) is 41.1 Å². The van der Waals surface area contributed by atoms with Crippen molar-refractivity contribution in [1.29, 1.82) is 0 Å². The first-order valence-electron chi connectivity index (χ1n) is 12.7. The summed E-state index contributed by atoms with van der Waals surface area (Å²) < 4.78 is 22.4. The molecule has 1 N–H and O–H groups in total. The van der Waals surface area contributed by atoms with Crippen LogP contribution in [0.1, 0.15) is 43.6 Å². The molecular formula is C31H27NO10. The number of rotatable bonds is 9. The van der Waals surface area contributed by atoms with Crippen LogP contribution in [0.2, 0.25) is 0 Å². The van der Waals surface area contributed by atoms with Crippen LogP contribution in [0.5, 0.6) is 23.0 Å². The molecule has 0 amide bonds. The number of hydrogen-bond donors (Lipinski definition) is 1. The Hall–Kier alpha value is -5.29. The number of ether oxygens (including phenoxy) is 4. The Balaban J connectivity index is 1.77. The van der Waals surface area contributed by atoms with E-state index in [1.165, 1.54) is 52.0 Å². The van der Waals surface area contributed by atoms with E-state index in [1.807, 2.05) is 0 Å². The van der Waals surface area contributed by atoms with E-state index < -0.39 is 23.9 Å². The normalized spacial score (nSPS) is 10.7. The van der Waals surface area contributed by atoms with Crippen LogP contribution in [0.4, 0.5) is 0 Å². The highest BCUT2D eigenvalue weighted by Gasteiger charge is 2.19. The van der Waals surface area contributed by atoms with E-state index in [0.29, 0.717) is 22.2 Å². The maximum Gasteiger partial charge on any atom is 0.308 e. The molecule has 11 nitrogen and oxygen atoms in total. The second-order valence-corrected chi connectivity index (χ2v) is 9.30. The SMILES string of the molecule is CC(=O)Oc1ccc(C(=O)Cn2cc(-c3ccc(OC(C)=O)c(OC(C)=O)c3)c3ccc(CO)cc32)cc1OC(C)=O. The Morgan fingerprint density at radius 1 is 0.667 bits per heavy atom. The average molecular weight is 574 g/mol. The van der Waals surface area contributed by atoms with Gasteiger partial charge >= 0.3 is 23.9 Å². The first kappa shape index (κ1) is 29.7. The second-order valence-electron chi connectivity index (χ2n) is 9.30. The molecule has 0 saturated carbocycles. The summed E-state index contributed by atoms with van der Waals surface area (Å²) >= 11 is 0. The lowest BCUT2D eigenvalue weighted by molar-refractivity contribution is -0.134. The van der Waals surface area contributed by atoms with Gasteiger partial charge in [-0.15, -0.1) is 0 Å². The van der Waals surface area contributed by atoms with E-state index in [0.717, 1.165) is 5.39 Å². The van der Waals surface area contributed by atoms with Crippen LogP contribution in [0.15, 0.2) is 60.8 Å². The highest BCUT2D eigenvalue weighted by Crippen LogP contribution is 2.38. The van der Waals surface area contributed by atoms with Gasteiger partial charge in [0.25, 0.3) is 0 Å². The molecule has 216 valence electrons. The minimum absolute atomic E-state index is 0.00341. The van der Waals surface area contributed by atoms with Gasteiger partial charge in [-0.1, -0.05) is 18.2 Å². The highest BCUT2D eigenvalue weighted by atomic mass is 16.6. The largest absolute Gasteiger partial charge is 0.423 e. The predicted octanol–water partition coefficient (Wildman–Crippen LogP) is 4.38. The summed E-state index contributed by atoms with van der Waals surface area (Å²) in [6, 6.07) is 14.2. The van der Waals surface area contributed by atoms with Crippen LogP contribution in [0.3, 0.4) is 0 Å². The van der Waals surface area contributed by atoms with Crippen LogP contribution in [-0.2, 0) is 32.3 Å². The van der Waals surface area contributed by atoms with Gasteiger partial charge in [-0.25, -0.2) is 0 Å². The van der Waals surface area contributed by atoms with Crippen LogP contribution < -0.4 is 18.9 Å². The summed E-state index contributed by atoms with van der Waals surface area (Å²) in [4.78, 5) is 59.7. The fourth-order valence-corrected chi connectivity index (χ4v) is 4.35. The number of aliphatic hydroxyl groups is 1. The van der Waals surface area contributed by atoms with Gasteiger partial charge in [0.2, 0.25) is 0 Å². The third kappa shape index (κ3) is 6.88. The predicted molar refractivity (Wildman–Crippen MR) is 149 cm³/mol. The monoisotopic (exact) mass is 573 g/mol.